The first-order valence-corrected chi connectivity index (χ1v) is 4.98. The van der Waals surface area contributed by atoms with Crippen LogP contribution in [0.4, 0.5) is 5.69 Å². The second-order valence-corrected chi connectivity index (χ2v) is 3.69. The summed E-state index contributed by atoms with van der Waals surface area (Å²) in [4.78, 5) is 6.68. The van der Waals surface area contributed by atoms with Crippen LogP contribution in [0.1, 0.15) is 12.8 Å². The molecule has 2 aromatic heterocycles. The van der Waals surface area contributed by atoms with Gasteiger partial charge in [-0.15, -0.1) is 0 Å². The van der Waals surface area contributed by atoms with Crippen molar-refractivity contribution in [3.05, 3.63) is 18.5 Å². The summed E-state index contributed by atoms with van der Waals surface area (Å²) in [6.45, 7) is 2.32. The highest BCUT2D eigenvalue weighted by Crippen LogP contribution is 2.21. The normalized spacial score (nSPS) is 16.7. The van der Waals surface area contributed by atoms with Gasteiger partial charge in [0.25, 0.3) is 0 Å². The molecule has 3 heterocycles. The minimum absolute atomic E-state index is 0.799. The number of nitrogens with one attached hydrogen (secondary N) is 1. The third kappa shape index (κ3) is 1.14. The Balaban J connectivity index is 2.04. The van der Waals surface area contributed by atoms with E-state index in [1.54, 1.807) is 0 Å². The fourth-order valence-corrected chi connectivity index (χ4v) is 1.97. The number of aromatic nitrogens is 3. The molecule has 0 saturated carbocycles. The van der Waals surface area contributed by atoms with E-state index in [2.05, 4.69) is 26.1 Å². The first kappa shape index (κ1) is 7.79. The van der Waals surface area contributed by atoms with E-state index in [1.165, 1.54) is 18.5 Å². The maximum atomic E-state index is 4.30. The van der Waals surface area contributed by atoms with Crippen LogP contribution in [-0.4, -0.2) is 28.3 Å². The van der Waals surface area contributed by atoms with E-state index in [0.29, 0.717) is 0 Å². The van der Waals surface area contributed by atoms with Gasteiger partial charge >= 0.3 is 0 Å². The van der Waals surface area contributed by atoms with Gasteiger partial charge in [-0.1, -0.05) is 0 Å². The van der Waals surface area contributed by atoms with Crippen molar-refractivity contribution in [2.45, 2.75) is 12.8 Å². The summed E-state index contributed by atoms with van der Waals surface area (Å²) in [6, 6.07) is 2.15. The second-order valence-electron chi connectivity index (χ2n) is 3.69. The van der Waals surface area contributed by atoms with Gasteiger partial charge in [-0.05, 0) is 18.9 Å². The fraction of sp³-hybridized carbons (Fsp3) is 0.400. The molecule has 72 valence electrons. The SMILES string of the molecule is c1nc2n[nH]cc2cc1N1CCCC1. The van der Waals surface area contributed by atoms with Crippen molar-refractivity contribution in [2.75, 3.05) is 18.0 Å². The predicted molar refractivity (Wildman–Crippen MR) is 55.3 cm³/mol. The van der Waals surface area contributed by atoms with Crippen LogP contribution in [-0.2, 0) is 0 Å². The molecule has 1 N–H and O–H groups in total. The molecular formula is C10H12N4. The number of nitrogens with zero attached hydrogens (tertiary/aromatic N) is 3. The van der Waals surface area contributed by atoms with Crippen LogP contribution in [0.5, 0.6) is 0 Å². The maximum Gasteiger partial charge on any atom is 0.180 e. The van der Waals surface area contributed by atoms with Gasteiger partial charge in [-0.25, -0.2) is 4.98 Å². The third-order valence-electron chi connectivity index (χ3n) is 2.74. The second kappa shape index (κ2) is 2.97. The minimum Gasteiger partial charge on any atom is -0.370 e. The van der Waals surface area contributed by atoms with Gasteiger partial charge in [-0.2, -0.15) is 5.10 Å². The molecule has 0 amide bonds. The van der Waals surface area contributed by atoms with E-state index in [0.717, 1.165) is 24.1 Å². The smallest absolute Gasteiger partial charge is 0.180 e. The monoisotopic (exact) mass is 188 g/mol. The van der Waals surface area contributed by atoms with Gasteiger partial charge in [-0.3, -0.25) is 5.10 Å². The number of aromatic amines is 1. The Morgan fingerprint density at radius 2 is 2.14 bits per heavy atom. The van der Waals surface area contributed by atoms with Gasteiger partial charge in [0, 0.05) is 24.7 Å². The molecule has 4 heteroatoms. The Hall–Kier alpha value is -1.58. The maximum absolute atomic E-state index is 4.30. The number of anilines is 1. The molecule has 1 aliphatic rings. The predicted octanol–water partition coefficient (Wildman–Crippen LogP) is 1.56. The van der Waals surface area contributed by atoms with Crippen LogP contribution in [0.3, 0.4) is 0 Å². The molecule has 1 fully saturated rings. The highest BCUT2D eigenvalue weighted by Gasteiger charge is 2.13. The standard InChI is InChI=1S/C10H12N4/c1-2-4-14(3-1)9-5-8-6-12-13-10(8)11-7-9/h5-7H,1-4H2,(H,11,12,13). The van der Waals surface area contributed by atoms with Crippen molar-refractivity contribution in [3.63, 3.8) is 0 Å². The van der Waals surface area contributed by atoms with E-state index in [9.17, 15) is 0 Å². The van der Waals surface area contributed by atoms with Crippen molar-refractivity contribution in [3.8, 4) is 0 Å². The molecule has 2 aromatic rings. The molecule has 0 radical (unpaired) electrons. The summed E-state index contributed by atoms with van der Waals surface area (Å²) in [7, 11) is 0. The Labute approximate surface area is 81.9 Å². The van der Waals surface area contributed by atoms with Crippen LogP contribution < -0.4 is 4.90 Å². The van der Waals surface area contributed by atoms with E-state index < -0.39 is 0 Å². The zero-order valence-corrected chi connectivity index (χ0v) is 7.90. The molecule has 1 aliphatic heterocycles. The number of hydrogen-bond donors (Lipinski definition) is 1. The van der Waals surface area contributed by atoms with E-state index in [4.69, 9.17) is 0 Å². The summed E-state index contributed by atoms with van der Waals surface area (Å²) in [5.41, 5.74) is 2.02. The first-order chi connectivity index (χ1) is 6.93. The fourth-order valence-electron chi connectivity index (χ4n) is 1.97. The van der Waals surface area contributed by atoms with Gasteiger partial charge in [0.1, 0.15) is 0 Å². The van der Waals surface area contributed by atoms with Gasteiger partial charge in [0.2, 0.25) is 0 Å². The molecule has 0 aliphatic carbocycles. The molecule has 14 heavy (non-hydrogen) atoms. The lowest BCUT2D eigenvalue weighted by Gasteiger charge is -2.16. The molecule has 0 atom stereocenters. The lowest BCUT2D eigenvalue weighted by atomic mass is 10.3. The molecule has 0 aromatic carbocycles. The van der Waals surface area contributed by atoms with E-state index in [-0.39, 0.29) is 0 Å². The van der Waals surface area contributed by atoms with Gasteiger partial charge in [0.15, 0.2) is 5.65 Å². The number of hydrogen-bond acceptors (Lipinski definition) is 3. The van der Waals surface area contributed by atoms with Gasteiger partial charge < -0.3 is 4.90 Å². The number of fused-ring (bicyclic) bond motifs is 1. The largest absolute Gasteiger partial charge is 0.370 e. The van der Waals surface area contributed by atoms with Crippen molar-refractivity contribution < 1.29 is 0 Å². The first-order valence-electron chi connectivity index (χ1n) is 4.98. The van der Waals surface area contributed by atoms with Crippen molar-refractivity contribution in [2.24, 2.45) is 0 Å². The summed E-state index contributed by atoms with van der Waals surface area (Å²) in [5.74, 6) is 0. The molecule has 1 saturated heterocycles. The van der Waals surface area contributed by atoms with E-state index >= 15 is 0 Å². The summed E-state index contributed by atoms with van der Waals surface area (Å²) in [5, 5.41) is 7.95. The Morgan fingerprint density at radius 1 is 1.29 bits per heavy atom. The van der Waals surface area contributed by atoms with Crippen LogP contribution >= 0.6 is 0 Å². The lowest BCUT2D eigenvalue weighted by Crippen LogP contribution is -2.17. The summed E-state index contributed by atoms with van der Waals surface area (Å²) < 4.78 is 0. The van der Waals surface area contributed by atoms with Crippen LogP contribution in [0, 0.1) is 0 Å². The average molecular weight is 188 g/mol. The molecule has 0 unspecified atom stereocenters. The molecular weight excluding hydrogens is 176 g/mol. The Bertz CT molecular complexity index is 442. The zero-order chi connectivity index (χ0) is 9.38. The minimum atomic E-state index is 0.799. The number of rotatable bonds is 1. The van der Waals surface area contributed by atoms with Crippen molar-refractivity contribution in [1.29, 1.82) is 0 Å². The highest BCUT2D eigenvalue weighted by molar-refractivity contribution is 5.77. The number of H-pyrrole nitrogens is 1. The summed E-state index contributed by atoms with van der Waals surface area (Å²) >= 11 is 0. The van der Waals surface area contributed by atoms with Gasteiger partial charge in [0.05, 0.1) is 11.9 Å². The van der Waals surface area contributed by atoms with Crippen LogP contribution in [0.25, 0.3) is 11.0 Å². The van der Waals surface area contributed by atoms with E-state index in [1.807, 2.05) is 12.4 Å². The molecule has 0 bridgehead atoms. The third-order valence-corrected chi connectivity index (χ3v) is 2.74. The zero-order valence-electron chi connectivity index (χ0n) is 7.90. The Morgan fingerprint density at radius 3 is 3.00 bits per heavy atom. The molecule has 3 rings (SSSR count). The summed E-state index contributed by atoms with van der Waals surface area (Å²) in [6.07, 6.45) is 6.39. The highest BCUT2D eigenvalue weighted by atomic mass is 15.2. The quantitative estimate of drug-likeness (QED) is 0.738. The Kier molecular flexibility index (Phi) is 1.65. The molecule has 0 spiro atoms. The van der Waals surface area contributed by atoms with Crippen LogP contribution in [0.15, 0.2) is 18.5 Å². The van der Waals surface area contributed by atoms with Crippen molar-refractivity contribution >= 4 is 16.7 Å². The average Bonchev–Trinajstić information content (AvgIpc) is 2.88. The van der Waals surface area contributed by atoms with Crippen LogP contribution in [0.2, 0.25) is 0 Å². The van der Waals surface area contributed by atoms with Crippen molar-refractivity contribution in [1.82, 2.24) is 15.2 Å². The molecule has 4 nitrogen and oxygen atoms in total. The number of pyridine rings is 1. The lowest BCUT2D eigenvalue weighted by molar-refractivity contribution is 0.949. The topological polar surface area (TPSA) is 44.8 Å².